The van der Waals surface area contributed by atoms with Crippen molar-refractivity contribution in [3.8, 4) is 0 Å². The summed E-state index contributed by atoms with van der Waals surface area (Å²) in [4.78, 5) is 25.8. The van der Waals surface area contributed by atoms with Gasteiger partial charge in [-0.25, -0.2) is 4.98 Å². The van der Waals surface area contributed by atoms with Crippen molar-refractivity contribution in [3.05, 3.63) is 60.3 Å². The third kappa shape index (κ3) is 3.53. The minimum absolute atomic E-state index is 0.0790. The second kappa shape index (κ2) is 7.03. The van der Waals surface area contributed by atoms with Crippen molar-refractivity contribution in [2.45, 2.75) is 6.42 Å². The van der Waals surface area contributed by atoms with Gasteiger partial charge in [-0.1, -0.05) is 6.07 Å². The maximum Gasteiger partial charge on any atom is 0.274 e. The minimum atomic E-state index is -0.0790. The van der Waals surface area contributed by atoms with Crippen LogP contribution in [0.15, 0.2) is 49.1 Å². The smallest absolute Gasteiger partial charge is 0.274 e. The van der Waals surface area contributed by atoms with Crippen molar-refractivity contribution in [3.63, 3.8) is 0 Å². The second-order valence-corrected chi connectivity index (χ2v) is 6.39. The van der Waals surface area contributed by atoms with Crippen LogP contribution in [-0.4, -0.2) is 52.1 Å². The fraction of sp³-hybridized carbons (Fsp3) is 0.316. The number of hydrogen-bond acceptors (Lipinski definition) is 4. The molecule has 1 aliphatic heterocycles. The lowest BCUT2D eigenvalue weighted by molar-refractivity contribution is 0.0731. The highest BCUT2D eigenvalue weighted by molar-refractivity contribution is 5.92. The fourth-order valence-electron chi connectivity index (χ4n) is 3.32. The van der Waals surface area contributed by atoms with Crippen LogP contribution >= 0.6 is 0 Å². The zero-order valence-electron chi connectivity index (χ0n) is 13.9. The van der Waals surface area contributed by atoms with Gasteiger partial charge in [0.25, 0.3) is 5.91 Å². The molecule has 128 valence electrons. The third-order valence-corrected chi connectivity index (χ3v) is 4.55. The Morgan fingerprint density at radius 3 is 3.16 bits per heavy atom. The van der Waals surface area contributed by atoms with E-state index in [1.165, 1.54) is 17.1 Å². The number of carbonyl (C=O) groups is 1. The average molecular weight is 336 g/mol. The molecule has 25 heavy (non-hydrogen) atoms. The lowest BCUT2D eigenvalue weighted by Gasteiger charge is -2.23. The standard InChI is InChI=1S/C19H20N4O2/c24-19(18-11-20-5-6-22-18)23-7-8-25-13-15(12-23)9-14-1-2-17-16(10-14)3-4-21-17/h1-6,10-11,15,21H,7-9,12-13H2/t15-/m1/s1. The molecule has 0 unspecified atom stereocenters. The van der Waals surface area contributed by atoms with E-state index in [1.54, 1.807) is 12.4 Å². The average Bonchev–Trinajstić information content (AvgIpc) is 2.99. The van der Waals surface area contributed by atoms with Crippen molar-refractivity contribution < 1.29 is 9.53 Å². The molecule has 1 atom stereocenters. The number of amides is 1. The van der Waals surface area contributed by atoms with Crippen LogP contribution < -0.4 is 0 Å². The Bertz CT molecular complexity index is 862. The molecule has 6 heteroatoms. The number of benzene rings is 1. The summed E-state index contributed by atoms with van der Waals surface area (Å²) in [5, 5.41) is 1.21. The number of H-pyrrole nitrogens is 1. The van der Waals surface area contributed by atoms with E-state index in [2.05, 4.69) is 39.2 Å². The molecule has 1 saturated heterocycles. The highest BCUT2D eigenvalue weighted by Crippen LogP contribution is 2.19. The van der Waals surface area contributed by atoms with Crippen LogP contribution in [0.25, 0.3) is 10.9 Å². The summed E-state index contributed by atoms with van der Waals surface area (Å²) >= 11 is 0. The predicted octanol–water partition coefficient (Wildman–Crippen LogP) is 2.29. The van der Waals surface area contributed by atoms with Crippen molar-refractivity contribution in [1.82, 2.24) is 19.9 Å². The van der Waals surface area contributed by atoms with Crippen LogP contribution in [0.2, 0.25) is 0 Å². The maximum absolute atomic E-state index is 12.7. The monoisotopic (exact) mass is 336 g/mol. The first-order chi connectivity index (χ1) is 12.3. The van der Waals surface area contributed by atoms with Gasteiger partial charge < -0.3 is 14.6 Å². The van der Waals surface area contributed by atoms with Crippen LogP contribution in [0.4, 0.5) is 0 Å². The van der Waals surface area contributed by atoms with Gasteiger partial charge in [0.15, 0.2) is 0 Å². The topological polar surface area (TPSA) is 71.1 Å². The molecule has 6 nitrogen and oxygen atoms in total. The number of fused-ring (bicyclic) bond motifs is 1. The van der Waals surface area contributed by atoms with Crippen LogP contribution in [-0.2, 0) is 11.2 Å². The fourth-order valence-corrected chi connectivity index (χ4v) is 3.32. The van der Waals surface area contributed by atoms with Gasteiger partial charge in [-0.15, -0.1) is 0 Å². The van der Waals surface area contributed by atoms with Crippen molar-refractivity contribution in [2.75, 3.05) is 26.3 Å². The Morgan fingerprint density at radius 1 is 1.32 bits per heavy atom. The van der Waals surface area contributed by atoms with Gasteiger partial charge >= 0.3 is 0 Å². The van der Waals surface area contributed by atoms with Gasteiger partial charge in [-0.05, 0) is 35.6 Å². The number of aromatic amines is 1. The summed E-state index contributed by atoms with van der Waals surface area (Å²) in [5.41, 5.74) is 2.78. The molecule has 1 N–H and O–H groups in total. The summed E-state index contributed by atoms with van der Waals surface area (Å²) in [7, 11) is 0. The second-order valence-electron chi connectivity index (χ2n) is 6.39. The van der Waals surface area contributed by atoms with Gasteiger partial charge in [0.1, 0.15) is 5.69 Å². The van der Waals surface area contributed by atoms with Crippen molar-refractivity contribution >= 4 is 16.8 Å². The van der Waals surface area contributed by atoms with Crippen LogP contribution in [0.1, 0.15) is 16.1 Å². The molecule has 1 aromatic carbocycles. The highest BCUT2D eigenvalue weighted by Gasteiger charge is 2.24. The molecule has 0 radical (unpaired) electrons. The normalized spacial score (nSPS) is 18.2. The molecule has 0 aliphatic carbocycles. The van der Waals surface area contributed by atoms with Gasteiger partial charge in [0, 0.05) is 43.1 Å². The third-order valence-electron chi connectivity index (χ3n) is 4.55. The lowest BCUT2D eigenvalue weighted by atomic mass is 9.98. The number of nitrogens with one attached hydrogen (secondary N) is 1. The highest BCUT2D eigenvalue weighted by atomic mass is 16.5. The molecular weight excluding hydrogens is 316 g/mol. The molecule has 2 aromatic heterocycles. The Morgan fingerprint density at radius 2 is 2.28 bits per heavy atom. The first-order valence-electron chi connectivity index (χ1n) is 8.48. The molecule has 0 spiro atoms. The molecule has 0 bridgehead atoms. The summed E-state index contributed by atoms with van der Waals surface area (Å²) < 4.78 is 5.73. The number of rotatable bonds is 3. The molecule has 3 aromatic rings. The quantitative estimate of drug-likeness (QED) is 0.796. The van der Waals surface area contributed by atoms with Gasteiger partial charge in [-0.2, -0.15) is 0 Å². The van der Waals surface area contributed by atoms with Gasteiger partial charge in [0.2, 0.25) is 0 Å². The Kier molecular flexibility index (Phi) is 4.43. The van der Waals surface area contributed by atoms with E-state index in [9.17, 15) is 4.79 Å². The molecular formula is C19H20N4O2. The lowest BCUT2D eigenvalue weighted by Crippen LogP contribution is -2.36. The van der Waals surface area contributed by atoms with E-state index < -0.39 is 0 Å². The number of aromatic nitrogens is 3. The van der Waals surface area contributed by atoms with E-state index in [0.29, 0.717) is 32.0 Å². The minimum Gasteiger partial charge on any atom is -0.379 e. The Balaban J connectivity index is 1.48. The van der Waals surface area contributed by atoms with Crippen LogP contribution in [0, 0.1) is 5.92 Å². The molecule has 0 saturated carbocycles. The molecule has 3 heterocycles. The molecule has 4 rings (SSSR count). The predicted molar refractivity (Wildman–Crippen MR) is 94.2 cm³/mol. The van der Waals surface area contributed by atoms with E-state index in [0.717, 1.165) is 11.9 Å². The number of carbonyl (C=O) groups excluding carboxylic acids is 1. The first-order valence-corrected chi connectivity index (χ1v) is 8.48. The van der Waals surface area contributed by atoms with E-state index in [1.807, 2.05) is 11.1 Å². The zero-order valence-corrected chi connectivity index (χ0v) is 13.9. The van der Waals surface area contributed by atoms with Crippen LogP contribution in [0.5, 0.6) is 0 Å². The molecule has 1 aliphatic rings. The number of hydrogen-bond donors (Lipinski definition) is 1. The summed E-state index contributed by atoms with van der Waals surface area (Å²) in [6.07, 6.45) is 7.46. The maximum atomic E-state index is 12.7. The van der Waals surface area contributed by atoms with E-state index >= 15 is 0 Å². The molecule has 1 amide bonds. The van der Waals surface area contributed by atoms with Gasteiger partial charge in [-0.3, -0.25) is 9.78 Å². The van der Waals surface area contributed by atoms with Gasteiger partial charge in [0.05, 0.1) is 19.4 Å². The number of ether oxygens (including phenoxy) is 1. The summed E-state index contributed by atoms with van der Waals surface area (Å²) in [5.74, 6) is 0.184. The van der Waals surface area contributed by atoms with Crippen molar-refractivity contribution in [2.24, 2.45) is 5.92 Å². The van der Waals surface area contributed by atoms with Crippen molar-refractivity contribution in [1.29, 1.82) is 0 Å². The number of nitrogens with zero attached hydrogens (tertiary/aromatic N) is 3. The van der Waals surface area contributed by atoms with E-state index in [4.69, 9.17) is 4.74 Å². The largest absolute Gasteiger partial charge is 0.379 e. The molecule has 1 fully saturated rings. The summed E-state index contributed by atoms with van der Waals surface area (Å²) in [6, 6.07) is 8.52. The van der Waals surface area contributed by atoms with E-state index in [-0.39, 0.29) is 11.8 Å². The first kappa shape index (κ1) is 15.8. The Hall–Kier alpha value is -2.73. The SMILES string of the molecule is O=C(c1cnccn1)N1CCOC[C@H](Cc2ccc3[nH]ccc3c2)C1. The Labute approximate surface area is 145 Å². The zero-order chi connectivity index (χ0) is 17.1. The summed E-state index contributed by atoms with van der Waals surface area (Å²) in [6.45, 7) is 2.47. The van der Waals surface area contributed by atoms with Crippen LogP contribution in [0.3, 0.4) is 0 Å².